The topological polar surface area (TPSA) is 53.1 Å². The van der Waals surface area contributed by atoms with E-state index in [1.165, 1.54) is 32.4 Å². The molecule has 1 aliphatic heterocycles. The fraction of sp³-hybridized carbons (Fsp3) is 0.733. The van der Waals surface area contributed by atoms with Gasteiger partial charge in [-0.1, -0.05) is 6.42 Å². The SMILES string of the molecule is CCNc1ncnc(NCC(C)N2CCCCC2)c1C. The summed E-state index contributed by atoms with van der Waals surface area (Å²) in [7, 11) is 0. The summed E-state index contributed by atoms with van der Waals surface area (Å²) in [6.45, 7) is 10.7. The molecule has 1 aromatic rings. The average molecular weight is 277 g/mol. The number of nitrogens with one attached hydrogen (secondary N) is 2. The molecule has 0 saturated carbocycles. The number of piperidine rings is 1. The van der Waals surface area contributed by atoms with Crippen LogP contribution in [0.3, 0.4) is 0 Å². The van der Waals surface area contributed by atoms with Gasteiger partial charge in [-0.3, -0.25) is 4.90 Å². The molecule has 1 unspecified atom stereocenters. The standard InChI is InChI=1S/C15H27N5/c1-4-16-14-13(3)15(19-11-18-14)17-10-12(2)20-8-6-5-7-9-20/h11-12H,4-10H2,1-3H3,(H2,16,17,18,19). The van der Waals surface area contributed by atoms with Gasteiger partial charge in [0.2, 0.25) is 0 Å². The van der Waals surface area contributed by atoms with Gasteiger partial charge < -0.3 is 10.6 Å². The van der Waals surface area contributed by atoms with Crippen LogP contribution >= 0.6 is 0 Å². The lowest BCUT2D eigenvalue weighted by atomic mass is 10.1. The number of aromatic nitrogens is 2. The van der Waals surface area contributed by atoms with Gasteiger partial charge in [-0.25, -0.2) is 9.97 Å². The maximum Gasteiger partial charge on any atom is 0.134 e. The molecular weight excluding hydrogens is 250 g/mol. The van der Waals surface area contributed by atoms with Crippen LogP contribution in [0.4, 0.5) is 11.6 Å². The molecule has 1 fully saturated rings. The van der Waals surface area contributed by atoms with Crippen LogP contribution in [0.5, 0.6) is 0 Å². The molecule has 0 aromatic carbocycles. The van der Waals surface area contributed by atoms with Crippen LogP contribution in [0.25, 0.3) is 0 Å². The minimum Gasteiger partial charge on any atom is -0.370 e. The maximum absolute atomic E-state index is 4.36. The van der Waals surface area contributed by atoms with Crippen LogP contribution in [0, 0.1) is 6.92 Å². The Bertz CT molecular complexity index is 415. The van der Waals surface area contributed by atoms with E-state index in [2.05, 4.69) is 46.3 Å². The second kappa shape index (κ2) is 7.43. The zero-order valence-electron chi connectivity index (χ0n) is 12.9. The van der Waals surface area contributed by atoms with Crippen molar-refractivity contribution in [2.75, 3.05) is 36.8 Å². The fourth-order valence-corrected chi connectivity index (χ4v) is 2.71. The summed E-state index contributed by atoms with van der Waals surface area (Å²) in [6.07, 6.45) is 5.68. The van der Waals surface area contributed by atoms with E-state index in [9.17, 15) is 0 Å². The molecule has 5 heteroatoms. The van der Waals surface area contributed by atoms with E-state index < -0.39 is 0 Å². The van der Waals surface area contributed by atoms with Crippen molar-refractivity contribution in [1.29, 1.82) is 0 Å². The minimum absolute atomic E-state index is 0.548. The number of hydrogen-bond acceptors (Lipinski definition) is 5. The molecule has 1 saturated heterocycles. The van der Waals surface area contributed by atoms with Crippen molar-refractivity contribution in [2.45, 2.75) is 46.1 Å². The fourth-order valence-electron chi connectivity index (χ4n) is 2.71. The van der Waals surface area contributed by atoms with Crippen molar-refractivity contribution in [3.63, 3.8) is 0 Å². The first-order valence-corrected chi connectivity index (χ1v) is 7.75. The van der Waals surface area contributed by atoms with Crippen LogP contribution in [0.1, 0.15) is 38.7 Å². The Labute approximate surface area is 122 Å². The lowest BCUT2D eigenvalue weighted by Gasteiger charge is -2.32. The Morgan fingerprint density at radius 2 is 1.80 bits per heavy atom. The van der Waals surface area contributed by atoms with Gasteiger partial charge >= 0.3 is 0 Å². The van der Waals surface area contributed by atoms with E-state index in [1.807, 2.05) is 0 Å². The Morgan fingerprint density at radius 1 is 1.15 bits per heavy atom. The summed E-state index contributed by atoms with van der Waals surface area (Å²) in [5.74, 6) is 1.87. The summed E-state index contributed by atoms with van der Waals surface area (Å²) in [5, 5.41) is 6.74. The van der Waals surface area contributed by atoms with Crippen LogP contribution in [-0.4, -0.2) is 47.1 Å². The van der Waals surface area contributed by atoms with E-state index in [0.717, 1.165) is 30.3 Å². The Balaban J connectivity index is 1.91. The maximum atomic E-state index is 4.36. The Kier molecular flexibility index (Phi) is 5.59. The summed E-state index contributed by atoms with van der Waals surface area (Å²) in [4.78, 5) is 11.2. The molecule has 0 amide bonds. The van der Waals surface area contributed by atoms with Gasteiger partial charge in [0.15, 0.2) is 0 Å². The van der Waals surface area contributed by atoms with Crippen molar-refractivity contribution in [3.8, 4) is 0 Å². The first-order chi connectivity index (χ1) is 9.72. The lowest BCUT2D eigenvalue weighted by Crippen LogP contribution is -2.41. The second-order valence-electron chi connectivity index (χ2n) is 5.55. The third kappa shape index (κ3) is 3.82. The van der Waals surface area contributed by atoms with Crippen molar-refractivity contribution in [1.82, 2.24) is 14.9 Å². The van der Waals surface area contributed by atoms with Crippen molar-refractivity contribution < 1.29 is 0 Å². The molecule has 0 aliphatic carbocycles. The van der Waals surface area contributed by atoms with Gasteiger partial charge in [0, 0.05) is 24.7 Å². The first kappa shape index (κ1) is 15.0. The summed E-state index contributed by atoms with van der Waals surface area (Å²) >= 11 is 0. The predicted octanol–water partition coefficient (Wildman–Crippen LogP) is 2.50. The van der Waals surface area contributed by atoms with Crippen LogP contribution in [-0.2, 0) is 0 Å². The van der Waals surface area contributed by atoms with Gasteiger partial charge in [0.25, 0.3) is 0 Å². The van der Waals surface area contributed by atoms with Gasteiger partial charge in [-0.05, 0) is 46.7 Å². The quantitative estimate of drug-likeness (QED) is 0.837. The monoisotopic (exact) mass is 277 g/mol. The average Bonchev–Trinajstić information content (AvgIpc) is 2.49. The molecule has 2 N–H and O–H groups in total. The van der Waals surface area contributed by atoms with Crippen molar-refractivity contribution >= 4 is 11.6 Å². The van der Waals surface area contributed by atoms with E-state index in [-0.39, 0.29) is 0 Å². The number of rotatable bonds is 6. The highest BCUT2D eigenvalue weighted by molar-refractivity contribution is 5.56. The van der Waals surface area contributed by atoms with Crippen molar-refractivity contribution in [2.24, 2.45) is 0 Å². The molecule has 1 atom stereocenters. The van der Waals surface area contributed by atoms with Gasteiger partial charge in [-0.2, -0.15) is 0 Å². The van der Waals surface area contributed by atoms with Crippen LogP contribution < -0.4 is 10.6 Å². The number of nitrogens with zero attached hydrogens (tertiary/aromatic N) is 3. The highest BCUT2D eigenvalue weighted by atomic mass is 15.2. The molecule has 5 nitrogen and oxygen atoms in total. The van der Waals surface area contributed by atoms with E-state index >= 15 is 0 Å². The van der Waals surface area contributed by atoms with E-state index in [1.54, 1.807) is 6.33 Å². The molecule has 0 bridgehead atoms. The zero-order valence-corrected chi connectivity index (χ0v) is 12.9. The predicted molar refractivity (Wildman–Crippen MR) is 84.3 cm³/mol. The summed E-state index contributed by atoms with van der Waals surface area (Å²) in [5.41, 5.74) is 1.10. The minimum atomic E-state index is 0.548. The van der Waals surface area contributed by atoms with Crippen LogP contribution in [0.2, 0.25) is 0 Å². The molecule has 20 heavy (non-hydrogen) atoms. The smallest absolute Gasteiger partial charge is 0.134 e. The highest BCUT2D eigenvalue weighted by Gasteiger charge is 2.17. The van der Waals surface area contributed by atoms with Gasteiger partial charge in [0.05, 0.1) is 0 Å². The lowest BCUT2D eigenvalue weighted by molar-refractivity contribution is 0.180. The highest BCUT2D eigenvalue weighted by Crippen LogP contribution is 2.18. The molecule has 0 spiro atoms. The molecule has 1 aromatic heterocycles. The van der Waals surface area contributed by atoms with Gasteiger partial charge in [0.1, 0.15) is 18.0 Å². The van der Waals surface area contributed by atoms with Gasteiger partial charge in [-0.15, -0.1) is 0 Å². The molecular formula is C15H27N5. The molecule has 0 radical (unpaired) electrons. The number of hydrogen-bond donors (Lipinski definition) is 2. The number of likely N-dealkylation sites (tertiary alicyclic amines) is 1. The third-order valence-electron chi connectivity index (χ3n) is 4.01. The van der Waals surface area contributed by atoms with Crippen LogP contribution in [0.15, 0.2) is 6.33 Å². The molecule has 1 aliphatic rings. The van der Waals surface area contributed by atoms with E-state index in [0.29, 0.717) is 6.04 Å². The Hall–Kier alpha value is -1.36. The Morgan fingerprint density at radius 3 is 2.45 bits per heavy atom. The molecule has 2 rings (SSSR count). The molecule has 2 heterocycles. The van der Waals surface area contributed by atoms with E-state index in [4.69, 9.17) is 0 Å². The second-order valence-corrected chi connectivity index (χ2v) is 5.55. The molecule has 112 valence electrons. The van der Waals surface area contributed by atoms with Crippen molar-refractivity contribution in [3.05, 3.63) is 11.9 Å². The zero-order chi connectivity index (χ0) is 14.4. The largest absolute Gasteiger partial charge is 0.370 e. The number of anilines is 2. The summed E-state index contributed by atoms with van der Waals surface area (Å²) in [6, 6.07) is 0.548. The summed E-state index contributed by atoms with van der Waals surface area (Å²) < 4.78 is 0. The third-order valence-corrected chi connectivity index (χ3v) is 4.01. The normalized spacial score (nSPS) is 17.8. The first-order valence-electron chi connectivity index (χ1n) is 7.75.